The molecule has 150 valence electrons. The van der Waals surface area contributed by atoms with Gasteiger partial charge < -0.3 is 19.9 Å². The van der Waals surface area contributed by atoms with Crippen LogP contribution in [0.5, 0.6) is 0 Å². The molecule has 1 unspecified atom stereocenters. The SMILES string of the molecule is CCCCCCCC(O)Cn1c(N2CCN(C)CC2)nc2c(=O)[nH]cnc21. The van der Waals surface area contributed by atoms with E-state index in [4.69, 9.17) is 0 Å². The van der Waals surface area contributed by atoms with E-state index in [9.17, 15) is 9.90 Å². The van der Waals surface area contributed by atoms with Crippen molar-refractivity contribution in [3.05, 3.63) is 16.7 Å². The summed E-state index contributed by atoms with van der Waals surface area (Å²) in [5.74, 6) is 0.743. The van der Waals surface area contributed by atoms with Crippen molar-refractivity contribution < 1.29 is 5.11 Å². The Bertz CT molecular complexity index is 778. The number of hydrogen-bond donors (Lipinski definition) is 2. The number of unbranched alkanes of at least 4 members (excludes halogenated alkanes) is 4. The van der Waals surface area contributed by atoms with Crippen LogP contribution in [0.2, 0.25) is 0 Å². The molecule has 0 saturated carbocycles. The van der Waals surface area contributed by atoms with E-state index in [-0.39, 0.29) is 5.56 Å². The van der Waals surface area contributed by atoms with E-state index in [0.717, 1.165) is 51.4 Å². The van der Waals surface area contributed by atoms with Crippen molar-refractivity contribution in [2.24, 2.45) is 0 Å². The highest BCUT2D eigenvalue weighted by atomic mass is 16.3. The van der Waals surface area contributed by atoms with Gasteiger partial charge in [0, 0.05) is 26.2 Å². The Morgan fingerprint density at radius 2 is 1.93 bits per heavy atom. The molecule has 0 aliphatic carbocycles. The van der Waals surface area contributed by atoms with Gasteiger partial charge in [0.2, 0.25) is 5.95 Å². The molecule has 0 spiro atoms. The molecule has 0 amide bonds. The van der Waals surface area contributed by atoms with Crippen LogP contribution in [0.3, 0.4) is 0 Å². The molecule has 1 aliphatic heterocycles. The van der Waals surface area contributed by atoms with Gasteiger partial charge in [0.25, 0.3) is 5.56 Å². The first kappa shape index (κ1) is 19.8. The number of fused-ring (bicyclic) bond motifs is 1. The number of rotatable bonds is 9. The van der Waals surface area contributed by atoms with Crippen LogP contribution in [-0.2, 0) is 6.54 Å². The van der Waals surface area contributed by atoms with Crippen molar-refractivity contribution in [3.8, 4) is 0 Å². The zero-order valence-electron chi connectivity index (χ0n) is 16.5. The van der Waals surface area contributed by atoms with Crippen LogP contribution in [0.4, 0.5) is 5.95 Å². The van der Waals surface area contributed by atoms with Crippen LogP contribution in [0.1, 0.15) is 45.4 Å². The van der Waals surface area contributed by atoms with Gasteiger partial charge in [0.15, 0.2) is 11.2 Å². The van der Waals surface area contributed by atoms with Crippen molar-refractivity contribution in [2.45, 2.75) is 58.1 Å². The summed E-state index contributed by atoms with van der Waals surface area (Å²) in [6, 6.07) is 0. The number of anilines is 1. The second-order valence-corrected chi connectivity index (χ2v) is 7.57. The molecular weight excluding hydrogens is 344 g/mol. The molecule has 0 bridgehead atoms. The number of aromatic nitrogens is 4. The monoisotopic (exact) mass is 376 g/mol. The number of imidazole rings is 1. The fourth-order valence-corrected chi connectivity index (χ4v) is 3.64. The molecule has 1 aliphatic rings. The highest BCUT2D eigenvalue weighted by Crippen LogP contribution is 2.21. The van der Waals surface area contributed by atoms with Crippen LogP contribution in [0.25, 0.3) is 11.2 Å². The summed E-state index contributed by atoms with van der Waals surface area (Å²) in [6.07, 6.45) is 7.57. The predicted octanol–water partition coefficient (Wildman–Crippen LogP) is 1.59. The van der Waals surface area contributed by atoms with Gasteiger partial charge in [0.05, 0.1) is 19.0 Å². The third-order valence-electron chi connectivity index (χ3n) is 5.34. The van der Waals surface area contributed by atoms with Crippen LogP contribution in [-0.4, -0.2) is 68.9 Å². The van der Waals surface area contributed by atoms with Crippen molar-refractivity contribution in [2.75, 3.05) is 38.1 Å². The minimum Gasteiger partial charge on any atom is -0.391 e. The van der Waals surface area contributed by atoms with Crippen LogP contribution in [0, 0.1) is 0 Å². The van der Waals surface area contributed by atoms with E-state index in [2.05, 4.69) is 38.7 Å². The molecule has 8 nitrogen and oxygen atoms in total. The van der Waals surface area contributed by atoms with Gasteiger partial charge in [-0.2, -0.15) is 0 Å². The highest BCUT2D eigenvalue weighted by Gasteiger charge is 2.23. The molecule has 2 aromatic rings. The lowest BCUT2D eigenvalue weighted by Gasteiger charge is -2.33. The number of H-pyrrole nitrogens is 1. The van der Waals surface area contributed by atoms with Gasteiger partial charge >= 0.3 is 0 Å². The fraction of sp³-hybridized carbons (Fsp3) is 0.737. The van der Waals surface area contributed by atoms with Crippen molar-refractivity contribution in [1.29, 1.82) is 0 Å². The van der Waals surface area contributed by atoms with Crippen LogP contribution >= 0.6 is 0 Å². The summed E-state index contributed by atoms with van der Waals surface area (Å²) >= 11 is 0. The maximum atomic E-state index is 12.2. The standard InChI is InChI=1S/C19H32N6O2/c1-3-4-5-6-7-8-15(26)13-25-17-16(18(27)21-14-20-17)22-19(25)24-11-9-23(2)10-12-24/h14-15,26H,3-13H2,1-2H3,(H,20,21,27). The topological polar surface area (TPSA) is 90.3 Å². The fourth-order valence-electron chi connectivity index (χ4n) is 3.64. The van der Waals surface area contributed by atoms with Crippen molar-refractivity contribution in [3.63, 3.8) is 0 Å². The molecule has 0 aromatic carbocycles. The largest absolute Gasteiger partial charge is 0.391 e. The molecule has 1 atom stereocenters. The van der Waals surface area contributed by atoms with Gasteiger partial charge in [0.1, 0.15) is 0 Å². The van der Waals surface area contributed by atoms with E-state index in [1.54, 1.807) is 0 Å². The minimum absolute atomic E-state index is 0.233. The summed E-state index contributed by atoms with van der Waals surface area (Å²) in [6.45, 7) is 6.23. The first-order chi connectivity index (χ1) is 13.1. The number of aliphatic hydroxyl groups is 1. The highest BCUT2D eigenvalue weighted by molar-refractivity contribution is 5.73. The lowest BCUT2D eigenvalue weighted by Crippen LogP contribution is -2.45. The average Bonchev–Trinajstić information content (AvgIpc) is 3.02. The molecule has 1 fully saturated rings. The van der Waals surface area contributed by atoms with Gasteiger partial charge in [-0.1, -0.05) is 39.0 Å². The number of piperazine rings is 1. The van der Waals surface area contributed by atoms with Crippen LogP contribution < -0.4 is 10.5 Å². The Morgan fingerprint density at radius 1 is 1.19 bits per heavy atom. The van der Waals surface area contributed by atoms with E-state index < -0.39 is 6.10 Å². The molecule has 1 saturated heterocycles. The first-order valence-electron chi connectivity index (χ1n) is 10.2. The molecule has 2 N–H and O–H groups in total. The van der Waals surface area contributed by atoms with Gasteiger partial charge in [-0.05, 0) is 13.5 Å². The number of aromatic amines is 1. The summed E-state index contributed by atoms with van der Waals surface area (Å²) in [7, 11) is 2.11. The smallest absolute Gasteiger partial charge is 0.278 e. The zero-order chi connectivity index (χ0) is 19.2. The molecule has 8 heteroatoms. The summed E-state index contributed by atoms with van der Waals surface area (Å²) in [5.41, 5.74) is 0.669. The molecule has 0 radical (unpaired) electrons. The van der Waals surface area contributed by atoms with E-state index in [0.29, 0.717) is 17.7 Å². The Hall–Kier alpha value is -1.93. The third-order valence-corrected chi connectivity index (χ3v) is 5.34. The zero-order valence-corrected chi connectivity index (χ0v) is 16.5. The number of hydrogen-bond acceptors (Lipinski definition) is 6. The maximum Gasteiger partial charge on any atom is 0.278 e. The number of likely N-dealkylation sites (N-methyl/N-ethyl adjacent to an activating group) is 1. The third kappa shape index (κ3) is 4.87. The molecule has 27 heavy (non-hydrogen) atoms. The second kappa shape index (κ2) is 9.32. The van der Waals surface area contributed by atoms with E-state index >= 15 is 0 Å². The molecule has 3 rings (SSSR count). The summed E-state index contributed by atoms with van der Waals surface area (Å²) < 4.78 is 1.92. The molecule has 2 aromatic heterocycles. The lowest BCUT2D eigenvalue weighted by molar-refractivity contribution is 0.142. The Balaban J connectivity index is 1.77. The van der Waals surface area contributed by atoms with Gasteiger partial charge in [-0.15, -0.1) is 0 Å². The average molecular weight is 377 g/mol. The molecule has 3 heterocycles. The minimum atomic E-state index is -0.462. The Labute approximate surface area is 160 Å². The van der Waals surface area contributed by atoms with Gasteiger partial charge in [-0.3, -0.25) is 9.36 Å². The number of aliphatic hydroxyl groups excluding tert-OH is 1. The van der Waals surface area contributed by atoms with Crippen molar-refractivity contribution in [1.82, 2.24) is 24.4 Å². The predicted molar refractivity (Wildman–Crippen MR) is 107 cm³/mol. The maximum absolute atomic E-state index is 12.2. The number of nitrogens with zero attached hydrogens (tertiary/aromatic N) is 5. The lowest BCUT2D eigenvalue weighted by atomic mass is 10.1. The Morgan fingerprint density at radius 3 is 2.67 bits per heavy atom. The normalized spacial score (nSPS) is 16.9. The quantitative estimate of drug-likeness (QED) is 0.646. The number of nitrogens with one attached hydrogen (secondary N) is 1. The van der Waals surface area contributed by atoms with E-state index in [1.807, 2.05) is 4.57 Å². The second-order valence-electron chi connectivity index (χ2n) is 7.57. The van der Waals surface area contributed by atoms with Crippen LogP contribution in [0.15, 0.2) is 11.1 Å². The van der Waals surface area contributed by atoms with Gasteiger partial charge in [-0.25, -0.2) is 9.97 Å². The molecular formula is C19H32N6O2. The summed E-state index contributed by atoms with van der Waals surface area (Å²) in [4.78, 5) is 28.2. The first-order valence-corrected chi connectivity index (χ1v) is 10.2. The summed E-state index contributed by atoms with van der Waals surface area (Å²) in [5, 5.41) is 10.6. The Kier molecular flexibility index (Phi) is 6.84. The van der Waals surface area contributed by atoms with Crippen molar-refractivity contribution >= 4 is 17.1 Å². The van der Waals surface area contributed by atoms with E-state index in [1.165, 1.54) is 25.6 Å².